The third kappa shape index (κ3) is 10.3. The van der Waals surface area contributed by atoms with Gasteiger partial charge >= 0.3 is 0 Å². The van der Waals surface area contributed by atoms with Gasteiger partial charge in [0.15, 0.2) is 11.6 Å². The van der Waals surface area contributed by atoms with Crippen molar-refractivity contribution >= 4 is 69.7 Å². The molecule has 4 aromatic carbocycles. The van der Waals surface area contributed by atoms with Gasteiger partial charge in [-0.15, -0.1) is 0 Å². The van der Waals surface area contributed by atoms with E-state index in [1.165, 1.54) is 6.07 Å². The average Bonchev–Trinajstić information content (AvgIpc) is 3.29. The third-order valence-corrected chi connectivity index (χ3v) is 13.7. The number of piperidine rings is 3. The zero-order chi connectivity index (χ0) is 45.1. The summed E-state index contributed by atoms with van der Waals surface area (Å²) >= 11 is 6.16. The maximum Gasteiger partial charge on any atom is 0.255 e. The van der Waals surface area contributed by atoms with Gasteiger partial charge in [0.05, 0.1) is 28.5 Å². The number of aromatic nitrogens is 2. The Hall–Kier alpha value is -6.45. The van der Waals surface area contributed by atoms with E-state index in [0.717, 1.165) is 77.4 Å². The van der Waals surface area contributed by atoms with Gasteiger partial charge in [-0.1, -0.05) is 29.8 Å². The van der Waals surface area contributed by atoms with Crippen molar-refractivity contribution in [2.24, 2.45) is 11.3 Å². The molecule has 13 nitrogen and oxygen atoms in total. The van der Waals surface area contributed by atoms with Crippen LogP contribution in [0.2, 0.25) is 5.02 Å². The van der Waals surface area contributed by atoms with Crippen LogP contribution in [0.4, 0.5) is 43.3 Å². The Balaban J connectivity index is 0.688. The van der Waals surface area contributed by atoms with Crippen LogP contribution < -0.4 is 31.5 Å². The van der Waals surface area contributed by atoms with Crippen LogP contribution in [-0.2, 0) is 9.59 Å². The lowest BCUT2D eigenvalue weighted by Crippen LogP contribution is -2.55. The van der Waals surface area contributed by atoms with Gasteiger partial charge in [0.25, 0.3) is 11.8 Å². The molecule has 5 N–H and O–H groups in total. The fourth-order valence-electron chi connectivity index (χ4n) is 9.65. The number of halogens is 3. The summed E-state index contributed by atoms with van der Waals surface area (Å²) in [7, 11) is 0. The maximum absolute atomic E-state index is 15.3. The molecule has 3 aliphatic heterocycles. The van der Waals surface area contributed by atoms with Crippen molar-refractivity contribution in [3.63, 3.8) is 0 Å². The highest BCUT2D eigenvalue weighted by molar-refractivity contribution is 6.33. The second-order valence-electron chi connectivity index (χ2n) is 17.8. The number of hydrogen-bond donors (Lipinski definition) is 5. The first-order valence-corrected chi connectivity index (χ1v) is 22.6. The van der Waals surface area contributed by atoms with Crippen molar-refractivity contribution in [1.82, 2.24) is 25.5 Å². The molecule has 4 fully saturated rings. The molecule has 4 heterocycles. The Bertz CT molecular complexity index is 2570. The molecule has 65 heavy (non-hydrogen) atoms. The van der Waals surface area contributed by atoms with E-state index in [-0.39, 0.29) is 59.1 Å². The van der Waals surface area contributed by atoms with Gasteiger partial charge in [0.2, 0.25) is 17.8 Å². The van der Waals surface area contributed by atoms with Gasteiger partial charge in [-0.2, -0.15) is 4.98 Å². The number of likely N-dealkylation sites (tertiary alicyclic amines) is 1. The fourth-order valence-corrected chi connectivity index (χ4v) is 9.83. The summed E-state index contributed by atoms with van der Waals surface area (Å²) in [5, 5.41) is 14.8. The van der Waals surface area contributed by atoms with Crippen LogP contribution in [0.3, 0.4) is 0 Å². The van der Waals surface area contributed by atoms with Gasteiger partial charge < -0.3 is 31.1 Å². The quantitative estimate of drug-likeness (QED) is 0.0768. The number of carbonyl (C=O) groups is 4. The summed E-state index contributed by atoms with van der Waals surface area (Å²) in [6.45, 7) is 4.70. The number of anilines is 6. The van der Waals surface area contributed by atoms with Crippen LogP contribution in [0, 0.1) is 23.0 Å². The molecule has 1 aliphatic carbocycles. The van der Waals surface area contributed by atoms with Crippen molar-refractivity contribution in [2.75, 3.05) is 53.6 Å². The lowest BCUT2D eigenvalue weighted by molar-refractivity contribution is -0.134. The molecule has 4 aliphatic rings. The number of nitrogens with one attached hydrogen (secondary N) is 5. The first-order chi connectivity index (χ1) is 31.5. The summed E-state index contributed by atoms with van der Waals surface area (Å²) in [4.78, 5) is 62.8. The number of rotatable bonds is 12. The molecule has 1 aromatic heterocycles. The summed E-state index contributed by atoms with van der Waals surface area (Å²) in [5.41, 5.74) is 4.02. The van der Waals surface area contributed by atoms with Crippen molar-refractivity contribution in [3.8, 4) is 0 Å². The number of carbonyl (C=O) groups excluding carboxylic acids is 4. The van der Waals surface area contributed by atoms with E-state index in [1.807, 2.05) is 6.07 Å². The van der Waals surface area contributed by atoms with E-state index in [9.17, 15) is 23.6 Å². The minimum absolute atomic E-state index is 0.0546. The van der Waals surface area contributed by atoms with E-state index in [4.69, 9.17) is 11.6 Å². The largest absolute Gasteiger partial charge is 0.369 e. The first-order valence-electron chi connectivity index (χ1n) is 22.2. The van der Waals surface area contributed by atoms with Crippen molar-refractivity contribution in [3.05, 3.63) is 131 Å². The summed E-state index contributed by atoms with van der Waals surface area (Å²) in [6.07, 6.45) is 7.88. The molecule has 9 rings (SSSR count). The lowest BCUT2D eigenvalue weighted by Gasteiger charge is -2.52. The Kier molecular flexibility index (Phi) is 12.8. The van der Waals surface area contributed by atoms with Gasteiger partial charge in [0, 0.05) is 54.6 Å². The normalized spacial score (nSPS) is 19.0. The van der Waals surface area contributed by atoms with Crippen molar-refractivity contribution in [2.45, 2.75) is 63.3 Å². The van der Waals surface area contributed by atoms with Crippen LogP contribution in [0.1, 0.15) is 83.6 Å². The minimum atomic E-state index is -0.658. The molecule has 1 saturated carbocycles. The zero-order valence-electron chi connectivity index (χ0n) is 35.7. The molecule has 1 atom stereocenters. The molecule has 1 unspecified atom stereocenters. The van der Waals surface area contributed by atoms with Crippen molar-refractivity contribution in [1.29, 1.82) is 0 Å². The highest BCUT2D eigenvalue weighted by Crippen LogP contribution is 2.49. The summed E-state index contributed by atoms with van der Waals surface area (Å²) < 4.78 is 30.0. The molecular formula is C49H50ClF2N9O4. The monoisotopic (exact) mass is 901 g/mol. The van der Waals surface area contributed by atoms with Crippen molar-refractivity contribution < 1.29 is 28.0 Å². The number of imide groups is 1. The van der Waals surface area contributed by atoms with E-state index < -0.39 is 11.7 Å². The van der Waals surface area contributed by atoms with Gasteiger partial charge in [-0.05, 0) is 148 Å². The predicted molar refractivity (Wildman–Crippen MR) is 246 cm³/mol. The summed E-state index contributed by atoms with van der Waals surface area (Å²) in [6, 6.07) is 25.6. The van der Waals surface area contributed by atoms with Crippen LogP contribution in [0.5, 0.6) is 0 Å². The Morgan fingerprint density at radius 2 is 1.48 bits per heavy atom. The fraction of sp³-hybridized carbons (Fsp3) is 0.347. The second-order valence-corrected chi connectivity index (χ2v) is 18.2. The predicted octanol–water partition coefficient (Wildman–Crippen LogP) is 8.56. The number of para-hydroxylation sites is 1. The number of hydrogen-bond acceptors (Lipinski definition) is 10. The SMILES string of the molecule is O=C1CCC(c2ccc(N3CCC(CN4CCC5(CC4)CC(NC(=O)c4ccc(Nc6ncc(F)c(Nc7ccc(C(=O)Nc8ccccc8Cl)cc7)n6)cc4)C5)CC3)c(F)c2)C(=O)N1. The summed E-state index contributed by atoms with van der Waals surface area (Å²) in [5.74, 6) is -1.92. The van der Waals surface area contributed by atoms with Gasteiger partial charge in [-0.3, -0.25) is 24.5 Å². The number of nitrogens with zero attached hydrogens (tertiary/aromatic N) is 4. The standard InChI is InChI=1S/C49H50ClF2N9O4/c50-38-3-1-2-4-41(38)57-46(64)32-5-10-34(11-6-32)54-44-40(52)28-53-48(59-44)56-35-12-7-31(8-13-35)45(63)55-36-26-49(27-36)19-23-60(24-20-49)29-30-17-21-61(22-18-30)42-15-9-33(25-39(42)51)37-14-16-43(62)58-47(37)65/h1-13,15,25,28,30,36-37H,14,16-24,26-27,29H2,(H,55,63)(H,57,64)(H,58,62,65)(H2,53,54,56,59). The lowest BCUT2D eigenvalue weighted by atomic mass is 9.60. The average molecular weight is 902 g/mol. The molecule has 0 bridgehead atoms. The van der Waals surface area contributed by atoms with Crippen LogP contribution in [0.25, 0.3) is 0 Å². The van der Waals surface area contributed by atoms with Crippen LogP contribution >= 0.6 is 11.6 Å². The molecule has 0 radical (unpaired) electrons. The van der Waals surface area contributed by atoms with Gasteiger partial charge in [0.1, 0.15) is 5.82 Å². The van der Waals surface area contributed by atoms with E-state index in [2.05, 4.69) is 46.4 Å². The van der Waals surface area contributed by atoms with Gasteiger partial charge in [-0.25, -0.2) is 13.8 Å². The topological polar surface area (TPSA) is 161 Å². The molecule has 3 saturated heterocycles. The highest BCUT2D eigenvalue weighted by atomic mass is 35.5. The minimum Gasteiger partial charge on any atom is -0.369 e. The molecule has 1 spiro atoms. The number of amides is 4. The second kappa shape index (κ2) is 18.9. The third-order valence-electron chi connectivity index (χ3n) is 13.4. The molecule has 336 valence electrons. The van der Waals surface area contributed by atoms with Crippen LogP contribution in [-0.4, -0.2) is 77.3 Å². The van der Waals surface area contributed by atoms with E-state index in [0.29, 0.717) is 56.8 Å². The molecule has 4 amide bonds. The Morgan fingerprint density at radius 1 is 0.800 bits per heavy atom. The zero-order valence-corrected chi connectivity index (χ0v) is 36.5. The smallest absolute Gasteiger partial charge is 0.255 e. The van der Waals surface area contributed by atoms with E-state index in [1.54, 1.807) is 78.9 Å². The highest BCUT2D eigenvalue weighted by Gasteiger charge is 2.46. The Labute approximate surface area is 380 Å². The van der Waals surface area contributed by atoms with Crippen LogP contribution in [0.15, 0.2) is 97.2 Å². The van der Waals surface area contributed by atoms with E-state index >= 15 is 4.39 Å². The first kappa shape index (κ1) is 43.8. The number of benzene rings is 4. The molecular weight excluding hydrogens is 852 g/mol. The molecule has 16 heteroatoms. The Morgan fingerprint density at radius 3 is 2.15 bits per heavy atom. The molecule has 5 aromatic rings. The maximum atomic E-state index is 15.3.